The first-order valence-corrected chi connectivity index (χ1v) is 10.7. The third kappa shape index (κ3) is 4.70. The lowest BCUT2D eigenvalue weighted by Gasteiger charge is -2.11. The summed E-state index contributed by atoms with van der Waals surface area (Å²) in [7, 11) is 1.47. The molecule has 1 aromatic heterocycles. The van der Waals surface area contributed by atoms with Crippen LogP contribution in [0.5, 0.6) is 11.5 Å². The minimum Gasteiger partial charge on any atom is -0.493 e. The van der Waals surface area contributed by atoms with Gasteiger partial charge in [-0.05, 0) is 42.3 Å². The number of nitriles is 1. The summed E-state index contributed by atoms with van der Waals surface area (Å²) in [6.45, 7) is 1.63. The number of allylic oxidation sites excluding steroid dienone is 1. The number of carbonyl (C=O) groups excluding carboxylic acids is 1. The van der Waals surface area contributed by atoms with Gasteiger partial charge in [-0.1, -0.05) is 71.4 Å². The fourth-order valence-electron chi connectivity index (χ4n) is 3.42. The molecule has 0 N–H and O–H groups in total. The number of benzene rings is 3. The Morgan fingerprint density at radius 3 is 2.50 bits per heavy atom. The number of ether oxygens (including phenoxy) is 2. The molecule has 34 heavy (non-hydrogen) atoms. The van der Waals surface area contributed by atoms with E-state index in [1.807, 2.05) is 30.3 Å². The van der Waals surface area contributed by atoms with Crippen molar-refractivity contribution in [2.75, 3.05) is 7.11 Å². The number of aromatic nitrogens is 1. The van der Waals surface area contributed by atoms with Gasteiger partial charge in [0, 0.05) is 5.56 Å². The Morgan fingerprint density at radius 2 is 1.79 bits per heavy atom. The van der Waals surface area contributed by atoms with Gasteiger partial charge >= 0.3 is 5.97 Å². The maximum atomic E-state index is 13.1. The van der Waals surface area contributed by atoms with Gasteiger partial charge in [0.1, 0.15) is 17.0 Å². The van der Waals surface area contributed by atoms with Crippen molar-refractivity contribution in [3.05, 3.63) is 100 Å². The predicted molar refractivity (Wildman–Crippen MR) is 130 cm³/mol. The van der Waals surface area contributed by atoms with Crippen molar-refractivity contribution in [3.8, 4) is 28.8 Å². The number of esters is 1. The zero-order valence-corrected chi connectivity index (χ0v) is 19.2. The van der Waals surface area contributed by atoms with Gasteiger partial charge in [-0.15, -0.1) is 0 Å². The van der Waals surface area contributed by atoms with E-state index in [0.717, 1.165) is 11.1 Å². The van der Waals surface area contributed by atoms with E-state index >= 15 is 0 Å². The van der Waals surface area contributed by atoms with Gasteiger partial charge in [-0.2, -0.15) is 5.26 Å². The van der Waals surface area contributed by atoms with Crippen molar-refractivity contribution in [3.63, 3.8) is 0 Å². The van der Waals surface area contributed by atoms with Crippen molar-refractivity contribution in [2.24, 2.45) is 0 Å². The second-order valence-electron chi connectivity index (χ2n) is 7.28. The average Bonchev–Trinajstić information content (AvgIpc) is 3.25. The van der Waals surface area contributed by atoms with Crippen LogP contribution in [0.2, 0.25) is 5.02 Å². The van der Waals surface area contributed by atoms with Crippen LogP contribution in [-0.4, -0.2) is 18.2 Å². The molecular formula is C27H19ClN2O4. The van der Waals surface area contributed by atoms with Gasteiger partial charge < -0.3 is 14.0 Å². The molecule has 0 radical (unpaired) electrons. The van der Waals surface area contributed by atoms with E-state index in [1.165, 1.54) is 7.11 Å². The van der Waals surface area contributed by atoms with Crippen molar-refractivity contribution in [2.45, 2.75) is 6.92 Å². The topological polar surface area (TPSA) is 85.4 Å². The van der Waals surface area contributed by atoms with E-state index in [9.17, 15) is 10.1 Å². The first-order chi connectivity index (χ1) is 16.5. The fourth-order valence-corrected chi connectivity index (χ4v) is 3.65. The van der Waals surface area contributed by atoms with Gasteiger partial charge in [-0.3, -0.25) is 0 Å². The number of rotatable bonds is 6. The van der Waals surface area contributed by atoms with Crippen LogP contribution in [0.25, 0.3) is 22.9 Å². The molecule has 7 heteroatoms. The Bertz CT molecular complexity index is 1420. The summed E-state index contributed by atoms with van der Waals surface area (Å²) in [6.07, 6.45) is 1.74. The second kappa shape index (κ2) is 10.1. The third-order valence-electron chi connectivity index (χ3n) is 5.10. The minimum absolute atomic E-state index is 0.176. The van der Waals surface area contributed by atoms with Crippen LogP contribution in [-0.2, 0) is 0 Å². The highest BCUT2D eigenvalue weighted by molar-refractivity contribution is 6.33. The lowest BCUT2D eigenvalue weighted by atomic mass is 10.0. The molecule has 0 saturated carbocycles. The van der Waals surface area contributed by atoms with Gasteiger partial charge in [0.05, 0.1) is 23.8 Å². The molecule has 0 saturated heterocycles. The molecule has 0 aliphatic carbocycles. The largest absolute Gasteiger partial charge is 0.493 e. The summed E-state index contributed by atoms with van der Waals surface area (Å²) in [5.74, 6) is 0.201. The van der Waals surface area contributed by atoms with Gasteiger partial charge in [-0.25, -0.2) is 4.79 Å². The predicted octanol–water partition coefficient (Wildman–Crippen LogP) is 6.60. The second-order valence-corrected chi connectivity index (χ2v) is 7.69. The molecule has 0 amide bonds. The van der Waals surface area contributed by atoms with E-state index < -0.39 is 5.97 Å². The zero-order chi connectivity index (χ0) is 24.1. The van der Waals surface area contributed by atoms with Crippen LogP contribution in [0, 0.1) is 18.3 Å². The van der Waals surface area contributed by atoms with E-state index in [1.54, 1.807) is 55.5 Å². The van der Waals surface area contributed by atoms with Crippen molar-refractivity contribution in [1.29, 1.82) is 5.26 Å². The van der Waals surface area contributed by atoms with E-state index in [-0.39, 0.29) is 11.3 Å². The third-order valence-corrected chi connectivity index (χ3v) is 5.43. The molecule has 0 spiro atoms. The lowest BCUT2D eigenvalue weighted by molar-refractivity contribution is 0.0728. The van der Waals surface area contributed by atoms with Crippen LogP contribution in [0.1, 0.15) is 27.2 Å². The number of carbonyl (C=O) groups is 1. The number of hydrogen-bond acceptors (Lipinski definition) is 6. The molecule has 0 aliphatic heterocycles. The first kappa shape index (κ1) is 22.8. The van der Waals surface area contributed by atoms with Crippen LogP contribution < -0.4 is 9.47 Å². The maximum Gasteiger partial charge on any atom is 0.349 e. The maximum absolute atomic E-state index is 13.1. The minimum atomic E-state index is -0.655. The van der Waals surface area contributed by atoms with E-state index in [0.29, 0.717) is 33.4 Å². The number of nitrogens with zero attached hydrogens (tertiary/aromatic N) is 2. The van der Waals surface area contributed by atoms with Crippen molar-refractivity contribution in [1.82, 2.24) is 5.16 Å². The Labute approximate surface area is 201 Å². The Hall–Kier alpha value is -4.34. The van der Waals surface area contributed by atoms with E-state index in [4.69, 9.17) is 25.6 Å². The monoisotopic (exact) mass is 470 g/mol. The smallest absolute Gasteiger partial charge is 0.349 e. The molecule has 0 fully saturated rings. The van der Waals surface area contributed by atoms with Crippen LogP contribution in [0.3, 0.4) is 0 Å². The molecule has 0 unspecified atom stereocenters. The quantitative estimate of drug-likeness (QED) is 0.137. The summed E-state index contributed by atoms with van der Waals surface area (Å²) in [5.41, 5.74) is 3.05. The normalized spacial score (nSPS) is 11.1. The molecule has 168 valence electrons. The molecule has 0 atom stereocenters. The summed E-state index contributed by atoms with van der Waals surface area (Å²) >= 11 is 6.29. The number of aryl methyl sites for hydroxylation is 1. The molecule has 6 nitrogen and oxygen atoms in total. The van der Waals surface area contributed by atoms with Gasteiger partial charge in [0.15, 0.2) is 11.5 Å². The molecule has 1 heterocycles. The Balaban J connectivity index is 1.64. The Morgan fingerprint density at radius 1 is 1.06 bits per heavy atom. The first-order valence-electron chi connectivity index (χ1n) is 10.3. The highest BCUT2D eigenvalue weighted by atomic mass is 35.5. The summed E-state index contributed by atoms with van der Waals surface area (Å²) in [6, 6.07) is 23.6. The SMILES string of the molecule is COc1cc(C=C(C#N)c2ccccc2)ccc1OC(=O)c1c(-c2ccccc2Cl)noc1C. The van der Waals surface area contributed by atoms with Crippen molar-refractivity contribution >= 4 is 29.2 Å². The summed E-state index contributed by atoms with van der Waals surface area (Å²) < 4.78 is 16.3. The van der Waals surface area contributed by atoms with Crippen LogP contribution in [0.4, 0.5) is 0 Å². The van der Waals surface area contributed by atoms with Crippen molar-refractivity contribution < 1.29 is 18.8 Å². The summed E-state index contributed by atoms with van der Waals surface area (Å²) in [4.78, 5) is 13.1. The molecule has 0 bridgehead atoms. The number of hydrogen-bond donors (Lipinski definition) is 0. The molecular weight excluding hydrogens is 452 g/mol. The van der Waals surface area contributed by atoms with Gasteiger partial charge in [0.2, 0.25) is 0 Å². The zero-order valence-electron chi connectivity index (χ0n) is 18.4. The van der Waals surface area contributed by atoms with E-state index in [2.05, 4.69) is 11.2 Å². The fraction of sp³-hybridized carbons (Fsp3) is 0.0741. The molecule has 4 rings (SSSR count). The van der Waals surface area contributed by atoms with Crippen LogP contribution in [0.15, 0.2) is 77.3 Å². The summed E-state index contributed by atoms with van der Waals surface area (Å²) in [5, 5.41) is 14.0. The average molecular weight is 471 g/mol. The number of halogens is 1. The molecule has 3 aromatic carbocycles. The molecule has 0 aliphatic rings. The highest BCUT2D eigenvalue weighted by Gasteiger charge is 2.25. The van der Waals surface area contributed by atoms with Gasteiger partial charge in [0.25, 0.3) is 0 Å². The van der Waals surface area contributed by atoms with Crippen LogP contribution >= 0.6 is 11.6 Å². The molecule has 4 aromatic rings. The number of methoxy groups -OCH3 is 1. The Kier molecular flexibility index (Phi) is 6.77. The highest BCUT2D eigenvalue weighted by Crippen LogP contribution is 2.34. The standard InChI is InChI=1S/C27H19ClN2O4/c1-17-25(26(30-34-17)21-10-6-7-11-22(21)28)27(31)33-23-13-12-18(15-24(23)32-2)14-20(16-29)19-8-4-3-5-9-19/h3-15H,1-2H3. The lowest BCUT2D eigenvalue weighted by Crippen LogP contribution is -2.11.